The fourth-order valence-corrected chi connectivity index (χ4v) is 4.48. The lowest BCUT2D eigenvalue weighted by Gasteiger charge is -2.51. The molecule has 0 spiro atoms. The summed E-state index contributed by atoms with van der Waals surface area (Å²) in [6.45, 7) is 5.45. The van der Waals surface area contributed by atoms with E-state index in [2.05, 4.69) is 27.0 Å². The van der Waals surface area contributed by atoms with Crippen molar-refractivity contribution in [2.24, 2.45) is 0 Å². The highest BCUT2D eigenvalue weighted by Gasteiger charge is 2.46. The number of carbonyl (C=O) groups is 1. The van der Waals surface area contributed by atoms with Crippen LogP contribution in [-0.4, -0.2) is 92.8 Å². The molecule has 3 heterocycles. The van der Waals surface area contributed by atoms with Gasteiger partial charge in [0.1, 0.15) is 18.3 Å². The number of amides is 1. The topological polar surface area (TPSA) is 77.7 Å². The summed E-state index contributed by atoms with van der Waals surface area (Å²) in [5.41, 5.74) is 0.00268. The molecule has 4 rings (SSSR count). The zero-order chi connectivity index (χ0) is 20.3. The number of nitrogens with zero attached hydrogens (tertiary/aromatic N) is 6. The van der Waals surface area contributed by atoms with Gasteiger partial charge >= 0.3 is 0 Å². The molecule has 0 unspecified atom stereocenters. The lowest BCUT2D eigenvalue weighted by Crippen LogP contribution is -2.64. The molecule has 0 saturated carbocycles. The van der Waals surface area contributed by atoms with Crippen LogP contribution in [0.2, 0.25) is 0 Å². The van der Waals surface area contributed by atoms with Crippen LogP contribution in [0.4, 0.5) is 0 Å². The summed E-state index contributed by atoms with van der Waals surface area (Å²) in [6, 6.07) is 9.84. The summed E-state index contributed by atoms with van der Waals surface area (Å²) in [5, 5.41) is 19.4. The summed E-state index contributed by atoms with van der Waals surface area (Å²) in [4.78, 5) is 19.5. The van der Waals surface area contributed by atoms with Crippen molar-refractivity contribution in [3.63, 3.8) is 0 Å². The molecule has 2 aromatic rings. The molecule has 29 heavy (non-hydrogen) atoms. The summed E-state index contributed by atoms with van der Waals surface area (Å²) in [6.07, 6.45) is 4.22. The number of likely N-dealkylation sites (tertiary alicyclic amines) is 1. The minimum atomic E-state index is -0.942. The highest BCUT2D eigenvalue weighted by molar-refractivity contribution is 5.76. The average Bonchev–Trinajstić information content (AvgIpc) is 3.27. The van der Waals surface area contributed by atoms with Crippen molar-refractivity contribution in [1.82, 2.24) is 29.5 Å². The van der Waals surface area contributed by atoms with Crippen LogP contribution in [0, 0.1) is 0 Å². The number of aryl methyl sites for hydroxylation is 1. The minimum absolute atomic E-state index is 0.105. The van der Waals surface area contributed by atoms with Crippen LogP contribution >= 0.6 is 0 Å². The average molecular weight is 399 g/mol. The zero-order valence-electron chi connectivity index (χ0n) is 17.0. The van der Waals surface area contributed by atoms with Crippen molar-refractivity contribution >= 4 is 5.91 Å². The third-order valence-corrected chi connectivity index (χ3v) is 6.36. The Morgan fingerprint density at radius 2 is 1.79 bits per heavy atom. The van der Waals surface area contributed by atoms with Crippen LogP contribution < -0.4 is 0 Å². The number of aromatic nitrogens is 3. The van der Waals surface area contributed by atoms with Crippen LogP contribution in [-0.2, 0) is 16.9 Å². The molecule has 1 N–H and O–H groups in total. The Morgan fingerprint density at radius 3 is 2.48 bits per heavy atom. The Labute approximate surface area is 171 Å². The third-order valence-electron chi connectivity index (χ3n) is 6.36. The van der Waals surface area contributed by atoms with Gasteiger partial charge in [-0.25, -0.2) is 0 Å². The highest BCUT2D eigenvalue weighted by Crippen LogP contribution is 2.36. The van der Waals surface area contributed by atoms with Gasteiger partial charge in [0.2, 0.25) is 5.91 Å². The van der Waals surface area contributed by atoms with E-state index in [9.17, 15) is 9.90 Å². The molecule has 0 radical (unpaired) electrons. The number of carbonyl (C=O) groups excluding carboxylic acids is 1. The van der Waals surface area contributed by atoms with Crippen molar-refractivity contribution in [2.45, 2.75) is 31.0 Å². The van der Waals surface area contributed by atoms with Crippen molar-refractivity contribution in [2.75, 3.05) is 46.3 Å². The first-order chi connectivity index (χ1) is 14.1. The van der Waals surface area contributed by atoms with Gasteiger partial charge in [-0.05, 0) is 19.0 Å². The monoisotopic (exact) mass is 398 g/mol. The Morgan fingerprint density at radius 1 is 1.10 bits per heavy atom. The number of hydrogen-bond donors (Lipinski definition) is 1. The molecule has 0 aliphatic carbocycles. The smallest absolute Gasteiger partial charge is 0.224 e. The van der Waals surface area contributed by atoms with E-state index < -0.39 is 5.60 Å². The minimum Gasteiger partial charge on any atom is -0.383 e. The maximum Gasteiger partial charge on any atom is 0.224 e. The third kappa shape index (κ3) is 4.34. The second-order valence-corrected chi connectivity index (χ2v) is 8.18. The van der Waals surface area contributed by atoms with Crippen LogP contribution in [0.3, 0.4) is 0 Å². The second-order valence-electron chi connectivity index (χ2n) is 8.18. The molecule has 0 bridgehead atoms. The normalized spacial score (nSPS) is 26.6. The predicted octanol–water partition coefficient (Wildman–Crippen LogP) is 0.404. The standard InChI is InChI=1S/C21H30N6O2/c1-24-11-13-26(14-12-24)19-15-27(20(28)7-9-25-16-22-23-17-25)10-8-21(19,29)18-5-3-2-4-6-18/h2-6,16-17,19,29H,7-15H2,1H3/t19-,21+/m1/s1. The Balaban J connectivity index is 1.50. The van der Waals surface area contributed by atoms with Crippen molar-refractivity contribution in [3.05, 3.63) is 48.5 Å². The molecule has 2 fully saturated rings. The fraction of sp³-hybridized carbons (Fsp3) is 0.571. The quantitative estimate of drug-likeness (QED) is 0.786. The first kappa shape index (κ1) is 20.0. The number of hydrogen-bond acceptors (Lipinski definition) is 6. The molecule has 8 heteroatoms. The van der Waals surface area contributed by atoms with Gasteiger partial charge < -0.3 is 19.5 Å². The zero-order valence-corrected chi connectivity index (χ0v) is 17.0. The van der Waals surface area contributed by atoms with Crippen LogP contribution in [0.25, 0.3) is 0 Å². The van der Waals surface area contributed by atoms with Gasteiger partial charge in [-0.15, -0.1) is 10.2 Å². The lowest BCUT2D eigenvalue weighted by atomic mass is 9.79. The second kappa shape index (κ2) is 8.61. The number of piperidine rings is 1. The van der Waals surface area contributed by atoms with E-state index in [1.54, 1.807) is 12.7 Å². The largest absolute Gasteiger partial charge is 0.383 e. The molecular formula is C21H30N6O2. The maximum absolute atomic E-state index is 12.9. The van der Waals surface area contributed by atoms with Crippen LogP contribution in [0.15, 0.2) is 43.0 Å². The van der Waals surface area contributed by atoms with Gasteiger partial charge in [-0.3, -0.25) is 9.69 Å². The molecule has 1 amide bonds. The van der Waals surface area contributed by atoms with E-state index in [-0.39, 0.29) is 11.9 Å². The number of rotatable bonds is 5. The van der Waals surface area contributed by atoms with E-state index in [1.165, 1.54) is 0 Å². The fourth-order valence-electron chi connectivity index (χ4n) is 4.48. The van der Waals surface area contributed by atoms with Crippen molar-refractivity contribution in [3.8, 4) is 0 Å². The van der Waals surface area contributed by atoms with Gasteiger partial charge in [0, 0.05) is 52.2 Å². The number of piperazine rings is 1. The van der Waals surface area contributed by atoms with Gasteiger partial charge in [0.05, 0.1) is 6.04 Å². The predicted molar refractivity (Wildman–Crippen MR) is 109 cm³/mol. The van der Waals surface area contributed by atoms with E-state index in [1.807, 2.05) is 39.8 Å². The highest BCUT2D eigenvalue weighted by atomic mass is 16.3. The first-order valence-electron chi connectivity index (χ1n) is 10.4. The van der Waals surface area contributed by atoms with Gasteiger partial charge in [0.15, 0.2) is 0 Å². The Hall–Kier alpha value is -2.29. The summed E-state index contributed by atoms with van der Waals surface area (Å²) in [7, 11) is 2.13. The molecular weight excluding hydrogens is 368 g/mol. The maximum atomic E-state index is 12.9. The number of aliphatic hydroxyl groups is 1. The van der Waals surface area contributed by atoms with Crippen molar-refractivity contribution in [1.29, 1.82) is 0 Å². The molecule has 156 valence electrons. The molecule has 2 saturated heterocycles. The van der Waals surface area contributed by atoms with Gasteiger partial charge in [0.25, 0.3) is 0 Å². The number of likely N-dealkylation sites (N-methyl/N-ethyl adjacent to an activating group) is 1. The SMILES string of the molecule is CN1CCN([C@@H]2CN(C(=O)CCn3cnnc3)CC[C@]2(O)c2ccccc2)CC1. The van der Waals surface area contributed by atoms with Crippen molar-refractivity contribution < 1.29 is 9.90 Å². The van der Waals surface area contributed by atoms with E-state index in [4.69, 9.17) is 0 Å². The molecule has 1 aromatic carbocycles. The summed E-state index contributed by atoms with van der Waals surface area (Å²) < 4.78 is 1.82. The van der Waals surface area contributed by atoms with Crippen LogP contribution in [0.5, 0.6) is 0 Å². The summed E-state index contributed by atoms with van der Waals surface area (Å²) >= 11 is 0. The number of benzene rings is 1. The van der Waals surface area contributed by atoms with Gasteiger partial charge in [-0.1, -0.05) is 30.3 Å². The van der Waals surface area contributed by atoms with E-state index in [0.29, 0.717) is 32.5 Å². The van der Waals surface area contributed by atoms with E-state index >= 15 is 0 Å². The molecule has 2 aliphatic heterocycles. The van der Waals surface area contributed by atoms with E-state index in [0.717, 1.165) is 31.7 Å². The Bertz CT molecular complexity index is 791. The molecule has 1 aromatic heterocycles. The van der Waals surface area contributed by atoms with Gasteiger partial charge in [-0.2, -0.15) is 0 Å². The summed E-state index contributed by atoms with van der Waals surface area (Å²) in [5.74, 6) is 0.118. The first-order valence-corrected chi connectivity index (χ1v) is 10.4. The molecule has 8 nitrogen and oxygen atoms in total. The lowest BCUT2D eigenvalue weighted by molar-refractivity contribution is -0.145. The molecule has 2 atom stereocenters. The Kier molecular flexibility index (Phi) is 5.94. The van der Waals surface area contributed by atoms with Crippen LogP contribution in [0.1, 0.15) is 18.4 Å². The molecule has 2 aliphatic rings.